The van der Waals surface area contributed by atoms with Crippen molar-refractivity contribution in [3.63, 3.8) is 0 Å². The van der Waals surface area contributed by atoms with Crippen molar-refractivity contribution < 1.29 is 9.53 Å². The molecule has 144 valence electrons. The average molecular weight is 388 g/mol. The number of hydrogen-bond donors (Lipinski definition) is 1. The predicted octanol–water partition coefficient (Wildman–Crippen LogP) is 3.81. The van der Waals surface area contributed by atoms with Crippen molar-refractivity contribution in [1.82, 2.24) is 19.7 Å². The first-order valence-corrected chi connectivity index (χ1v) is 10.3. The topological polar surface area (TPSA) is 81.9 Å². The standard InChI is InChI=1S/C19H25N5O2S/c1-4-6-11-26-17(25)15-13(3)21-18-22-19(27-12-5-2)23-24(18)16(15)14-9-7-8-10-20-14/h7-10,16H,4-6,11-12H2,1-3H3,(H,21,22,23). The van der Waals surface area contributed by atoms with Crippen LogP contribution in [0.2, 0.25) is 0 Å². The number of anilines is 1. The fourth-order valence-electron chi connectivity index (χ4n) is 2.85. The van der Waals surface area contributed by atoms with Crippen LogP contribution >= 0.6 is 11.8 Å². The number of pyridine rings is 1. The van der Waals surface area contributed by atoms with Gasteiger partial charge in [0.2, 0.25) is 11.1 Å². The highest BCUT2D eigenvalue weighted by atomic mass is 32.2. The summed E-state index contributed by atoms with van der Waals surface area (Å²) in [7, 11) is 0. The molecule has 0 amide bonds. The highest BCUT2D eigenvalue weighted by molar-refractivity contribution is 7.99. The maximum Gasteiger partial charge on any atom is 0.338 e. The molecule has 1 aliphatic rings. The molecule has 8 heteroatoms. The van der Waals surface area contributed by atoms with Crippen molar-refractivity contribution in [1.29, 1.82) is 0 Å². The fourth-order valence-corrected chi connectivity index (χ4v) is 3.53. The lowest BCUT2D eigenvalue weighted by Gasteiger charge is -2.27. The Bertz CT molecular complexity index is 819. The van der Waals surface area contributed by atoms with Crippen molar-refractivity contribution in [2.75, 3.05) is 17.7 Å². The number of carbonyl (C=O) groups excluding carboxylic acids is 1. The summed E-state index contributed by atoms with van der Waals surface area (Å²) in [5, 5.41) is 8.53. The van der Waals surface area contributed by atoms with E-state index < -0.39 is 6.04 Å². The van der Waals surface area contributed by atoms with Gasteiger partial charge in [0.1, 0.15) is 6.04 Å². The van der Waals surface area contributed by atoms with Gasteiger partial charge in [0.05, 0.1) is 17.9 Å². The molecule has 0 aliphatic carbocycles. The van der Waals surface area contributed by atoms with Crippen LogP contribution in [0.25, 0.3) is 0 Å². The smallest absolute Gasteiger partial charge is 0.338 e. The SMILES string of the molecule is CCCCOC(=O)C1=C(C)Nc2nc(SCCC)nn2C1c1ccccn1. The van der Waals surface area contributed by atoms with Gasteiger partial charge in [0.25, 0.3) is 0 Å². The molecule has 2 aromatic rings. The molecule has 0 bridgehead atoms. The van der Waals surface area contributed by atoms with Gasteiger partial charge in [-0.05, 0) is 31.9 Å². The van der Waals surface area contributed by atoms with Crippen molar-refractivity contribution in [3.8, 4) is 0 Å². The summed E-state index contributed by atoms with van der Waals surface area (Å²) in [6.07, 6.45) is 4.57. The van der Waals surface area contributed by atoms with Crippen molar-refractivity contribution in [3.05, 3.63) is 41.4 Å². The van der Waals surface area contributed by atoms with Crippen molar-refractivity contribution in [2.24, 2.45) is 0 Å². The number of rotatable bonds is 8. The molecule has 2 aromatic heterocycles. The Morgan fingerprint density at radius 1 is 1.33 bits per heavy atom. The number of nitrogens with one attached hydrogen (secondary N) is 1. The number of hydrogen-bond acceptors (Lipinski definition) is 7. The number of esters is 1. The van der Waals surface area contributed by atoms with Crippen molar-refractivity contribution in [2.45, 2.75) is 51.2 Å². The van der Waals surface area contributed by atoms with Crippen LogP contribution in [0.15, 0.2) is 40.8 Å². The lowest BCUT2D eigenvalue weighted by atomic mass is 10.00. The molecule has 1 N–H and O–H groups in total. The number of aromatic nitrogens is 4. The minimum Gasteiger partial charge on any atom is -0.462 e. The summed E-state index contributed by atoms with van der Waals surface area (Å²) in [5.41, 5.74) is 1.98. The number of nitrogens with zero attached hydrogens (tertiary/aromatic N) is 4. The fraction of sp³-hybridized carbons (Fsp3) is 0.474. The minimum absolute atomic E-state index is 0.340. The van der Waals surface area contributed by atoms with E-state index in [0.717, 1.165) is 36.4 Å². The van der Waals surface area contributed by atoms with E-state index in [-0.39, 0.29) is 5.97 Å². The Hall–Kier alpha value is -2.35. The second kappa shape index (κ2) is 9.03. The molecule has 1 aliphatic heterocycles. The monoisotopic (exact) mass is 387 g/mol. The molecule has 0 radical (unpaired) electrons. The number of unbranched alkanes of at least 4 members (excludes halogenated alkanes) is 1. The quantitative estimate of drug-likeness (QED) is 0.419. The van der Waals surface area contributed by atoms with Gasteiger partial charge in [-0.25, -0.2) is 9.48 Å². The van der Waals surface area contributed by atoms with Crippen LogP contribution in [0.4, 0.5) is 5.95 Å². The van der Waals surface area contributed by atoms with Crippen LogP contribution in [0, 0.1) is 0 Å². The van der Waals surface area contributed by atoms with E-state index in [9.17, 15) is 4.79 Å². The average Bonchev–Trinajstić information content (AvgIpc) is 3.08. The Morgan fingerprint density at radius 2 is 2.19 bits per heavy atom. The Labute approximate surface area is 163 Å². The lowest BCUT2D eigenvalue weighted by molar-refractivity contribution is -0.139. The molecule has 0 aromatic carbocycles. The zero-order valence-electron chi connectivity index (χ0n) is 15.9. The van der Waals surface area contributed by atoms with Gasteiger partial charge in [-0.1, -0.05) is 38.1 Å². The number of carbonyl (C=O) groups is 1. The summed E-state index contributed by atoms with van der Waals surface area (Å²) in [6, 6.07) is 5.20. The lowest BCUT2D eigenvalue weighted by Crippen LogP contribution is -2.30. The van der Waals surface area contributed by atoms with Gasteiger partial charge in [0, 0.05) is 17.6 Å². The molecule has 0 saturated carbocycles. The van der Waals surface area contributed by atoms with Gasteiger partial charge in [-0.15, -0.1) is 5.10 Å². The Kier molecular flexibility index (Phi) is 6.49. The Balaban J connectivity index is 1.98. The van der Waals surface area contributed by atoms with E-state index in [2.05, 4.69) is 34.2 Å². The zero-order chi connectivity index (χ0) is 19.2. The molecule has 0 spiro atoms. The number of ether oxygens (including phenoxy) is 1. The third-order valence-corrected chi connectivity index (χ3v) is 5.23. The van der Waals surface area contributed by atoms with Crippen LogP contribution in [0.5, 0.6) is 0 Å². The largest absolute Gasteiger partial charge is 0.462 e. The van der Waals surface area contributed by atoms with Crippen LogP contribution in [-0.2, 0) is 9.53 Å². The summed E-state index contributed by atoms with van der Waals surface area (Å²) in [6.45, 7) is 6.45. The first kappa shape index (κ1) is 19.4. The molecule has 3 heterocycles. The first-order chi connectivity index (χ1) is 13.2. The highest BCUT2D eigenvalue weighted by Gasteiger charge is 2.35. The Morgan fingerprint density at radius 3 is 2.89 bits per heavy atom. The summed E-state index contributed by atoms with van der Waals surface area (Å²) < 4.78 is 7.24. The molecule has 0 fully saturated rings. The van der Waals surface area contributed by atoms with Gasteiger partial charge in [-0.2, -0.15) is 4.98 Å². The van der Waals surface area contributed by atoms with Crippen LogP contribution in [-0.4, -0.2) is 38.1 Å². The van der Waals surface area contributed by atoms with E-state index in [1.165, 1.54) is 0 Å². The number of allylic oxidation sites excluding steroid dienone is 1. The third kappa shape index (κ3) is 4.32. The molecule has 1 unspecified atom stereocenters. The number of thioether (sulfide) groups is 1. The van der Waals surface area contributed by atoms with E-state index in [0.29, 0.717) is 23.3 Å². The second-order valence-electron chi connectivity index (χ2n) is 6.32. The van der Waals surface area contributed by atoms with Crippen molar-refractivity contribution >= 4 is 23.7 Å². The number of fused-ring (bicyclic) bond motifs is 1. The molecule has 1 atom stereocenters. The normalized spacial score (nSPS) is 16.0. The minimum atomic E-state index is -0.458. The van der Waals surface area contributed by atoms with E-state index in [1.807, 2.05) is 25.1 Å². The molecular formula is C19H25N5O2S. The first-order valence-electron chi connectivity index (χ1n) is 9.30. The molecule has 7 nitrogen and oxygen atoms in total. The summed E-state index contributed by atoms with van der Waals surface area (Å²) >= 11 is 1.60. The van der Waals surface area contributed by atoms with Gasteiger partial charge in [0.15, 0.2) is 0 Å². The van der Waals surface area contributed by atoms with Crippen LogP contribution in [0.1, 0.15) is 51.8 Å². The van der Waals surface area contributed by atoms with Gasteiger partial charge < -0.3 is 10.1 Å². The molecule has 0 saturated heterocycles. The zero-order valence-corrected chi connectivity index (χ0v) is 16.8. The predicted molar refractivity (Wildman–Crippen MR) is 106 cm³/mol. The van der Waals surface area contributed by atoms with E-state index in [1.54, 1.807) is 22.6 Å². The van der Waals surface area contributed by atoms with Crippen LogP contribution < -0.4 is 5.32 Å². The third-order valence-electron chi connectivity index (χ3n) is 4.19. The molecule has 27 heavy (non-hydrogen) atoms. The maximum atomic E-state index is 12.8. The van der Waals surface area contributed by atoms with E-state index >= 15 is 0 Å². The highest BCUT2D eigenvalue weighted by Crippen LogP contribution is 2.35. The molecular weight excluding hydrogens is 362 g/mol. The van der Waals surface area contributed by atoms with Gasteiger partial charge in [-0.3, -0.25) is 4.98 Å². The molecule has 3 rings (SSSR count). The van der Waals surface area contributed by atoms with E-state index in [4.69, 9.17) is 4.74 Å². The maximum absolute atomic E-state index is 12.8. The van der Waals surface area contributed by atoms with Gasteiger partial charge >= 0.3 is 5.97 Å². The van der Waals surface area contributed by atoms with Crippen LogP contribution in [0.3, 0.4) is 0 Å². The second-order valence-corrected chi connectivity index (χ2v) is 7.38. The summed E-state index contributed by atoms with van der Waals surface area (Å²) in [4.78, 5) is 21.9. The summed E-state index contributed by atoms with van der Waals surface area (Å²) in [5.74, 6) is 1.22.